The van der Waals surface area contributed by atoms with Gasteiger partial charge in [0.15, 0.2) is 0 Å². The highest BCUT2D eigenvalue weighted by Gasteiger charge is 2.15. The molecule has 9 heteroatoms. The molecular formula is C19H19N7O2. The summed E-state index contributed by atoms with van der Waals surface area (Å²) in [5, 5.41) is 18.6. The van der Waals surface area contributed by atoms with Crippen molar-refractivity contribution in [3.8, 4) is 0 Å². The summed E-state index contributed by atoms with van der Waals surface area (Å²) in [5.74, 6) is -0.0602. The van der Waals surface area contributed by atoms with Crippen LogP contribution in [-0.2, 0) is 0 Å². The number of nitrogens with zero attached hydrogens (tertiary/aromatic N) is 3. The van der Waals surface area contributed by atoms with Gasteiger partial charge in [-0.25, -0.2) is 9.78 Å². The van der Waals surface area contributed by atoms with Crippen LogP contribution in [0, 0.1) is 0 Å². The second-order valence-electron chi connectivity index (χ2n) is 5.68. The Hall–Kier alpha value is -4.01. The fourth-order valence-electron chi connectivity index (χ4n) is 2.37. The number of hydrogen-bond donors (Lipinski definition) is 4. The van der Waals surface area contributed by atoms with E-state index in [0.717, 1.165) is 5.69 Å². The SMILES string of the molecule is CCNC(=O)Nc1cc(Nc2ccccc2)c(C(=O)Nc2ccnnc2)cn1. The first kappa shape index (κ1) is 18.8. The van der Waals surface area contributed by atoms with Crippen LogP contribution in [0.5, 0.6) is 0 Å². The molecule has 3 aromatic rings. The molecule has 1 aromatic carbocycles. The highest BCUT2D eigenvalue weighted by molar-refractivity contribution is 6.08. The van der Waals surface area contributed by atoms with Crippen molar-refractivity contribution >= 4 is 34.8 Å². The number of amides is 3. The first-order valence-electron chi connectivity index (χ1n) is 8.60. The third kappa shape index (κ3) is 5.01. The van der Waals surface area contributed by atoms with Crippen LogP contribution in [0.4, 0.5) is 27.7 Å². The van der Waals surface area contributed by atoms with Gasteiger partial charge in [-0.2, -0.15) is 10.2 Å². The molecule has 0 aliphatic heterocycles. The fourth-order valence-corrected chi connectivity index (χ4v) is 2.37. The molecule has 0 unspecified atom stereocenters. The van der Waals surface area contributed by atoms with Crippen molar-refractivity contribution in [2.24, 2.45) is 0 Å². The molecule has 4 N–H and O–H groups in total. The lowest BCUT2D eigenvalue weighted by Crippen LogP contribution is -2.28. The molecule has 0 aliphatic carbocycles. The second kappa shape index (κ2) is 9.08. The van der Waals surface area contributed by atoms with Gasteiger partial charge in [0.05, 0.1) is 29.3 Å². The van der Waals surface area contributed by atoms with E-state index in [9.17, 15) is 9.59 Å². The minimum absolute atomic E-state index is 0.308. The summed E-state index contributed by atoms with van der Waals surface area (Å²) in [6.45, 7) is 2.30. The molecule has 0 spiro atoms. The summed E-state index contributed by atoms with van der Waals surface area (Å²) < 4.78 is 0. The predicted octanol–water partition coefficient (Wildman–Crippen LogP) is 3.01. The van der Waals surface area contributed by atoms with Crippen LogP contribution in [0.15, 0.2) is 61.1 Å². The van der Waals surface area contributed by atoms with Crippen LogP contribution >= 0.6 is 0 Å². The Labute approximate surface area is 161 Å². The molecule has 142 valence electrons. The summed E-state index contributed by atoms with van der Waals surface area (Å²) in [4.78, 5) is 28.7. The maximum absolute atomic E-state index is 12.7. The van der Waals surface area contributed by atoms with E-state index in [-0.39, 0.29) is 11.9 Å². The van der Waals surface area contributed by atoms with Crippen molar-refractivity contribution in [1.82, 2.24) is 20.5 Å². The standard InChI is InChI=1S/C19H19N7O2/c1-2-20-19(28)26-17-10-16(24-13-6-4-3-5-7-13)15(12-21-17)18(27)25-14-8-9-22-23-11-14/h3-12H,2H2,1H3,(H,22,25,27)(H3,20,21,24,26,28). The van der Waals surface area contributed by atoms with Gasteiger partial charge in [-0.1, -0.05) is 18.2 Å². The Morgan fingerprint density at radius 1 is 0.964 bits per heavy atom. The summed E-state index contributed by atoms with van der Waals surface area (Å²) in [5.41, 5.74) is 2.10. The van der Waals surface area contributed by atoms with Crippen LogP contribution < -0.4 is 21.3 Å². The topological polar surface area (TPSA) is 121 Å². The third-order valence-electron chi connectivity index (χ3n) is 3.62. The zero-order chi connectivity index (χ0) is 19.8. The number of anilines is 4. The Balaban J connectivity index is 1.88. The second-order valence-corrected chi connectivity index (χ2v) is 5.68. The first-order valence-corrected chi connectivity index (χ1v) is 8.60. The lowest BCUT2D eigenvalue weighted by atomic mass is 10.2. The van der Waals surface area contributed by atoms with Crippen molar-refractivity contribution in [1.29, 1.82) is 0 Å². The third-order valence-corrected chi connectivity index (χ3v) is 3.62. The molecule has 0 atom stereocenters. The van der Waals surface area contributed by atoms with Crippen molar-refractivity contribution in [3.63, 3.8) is 0 Å². The summed E-state index contributed by atoms with van der Waals surface area (Å²) in [7, 11) is 0. The van der Waals surface area contributed by atoms with Crippen LogP contribution in [0.2, 0.25) is 0 Å². The number of benzene rings is 1. The zero-order valence-corrected chi connectivity index (χ0v) is 15.1. The molecule has 2 heterocycles. The number of aromatic nitrogens is 3. The number of carbonyl (C=O) groups excluding carboxylic acids is 2. The van der Waals surface area contributed by atoms with Crippen molar-refractivity contribution in [2.75, 3.05) is 22.5 Å². The number of pyridine rings is 1. The van der Waals surface area contributed by atoms with Gasteiger partial charge in [-0.3, -0.25) is 10.1 Å². The van der Waals surface area contributed by atoms with E-state index < -0.39 is 0 Å². The highest BCUT2D eigenvalue weighted by atomic mass is 16.2. The monoisotopic (exact) mass is 377 g/mol. The molecule has 3 rings (SSSR count). The number of hydrogen-bond acceptors (Lipinski definition) is 6. The molecule has 0 aliphatic rings. The fraction of sp³-hybridized carbons (Fsp3) is 0.105. The largest absolute Gasteiger partial charge is 0.355 e. The quantitative estimate of drug-likeness (QED) is 0.524. The summed E-state index contributed by atoms with van der Waals surface area (Å²) in [6, 6.07) is 12.2. The van der Waals surface area contributed by atoms with E-state index in [1.54, 1.807) is 12.1 Å². The number of nitrogens with one attached hydrogen (secondary N) is 4. The van der Waals surface area contributed by atoms with Crippen LogP contribution in [0.3, 0.4) is 0 Å². The van der Waals surface area contributed by atoms with Gasteiger partial charge >= 0.3 is 6.03 Å². The van der Waals surface area contributed by atoms with E-state index >= 15 is 0 Å². The molecule has 0 saturated heterocycles. The minimum atomic E-state index is -0.374. The molecule has 28 heavy (non-hydrogen) atoms. The lowest BCUT2D eigenvalue weighted by Gasteiger charge is -2.14. The Bertz CT molecular complexity index is 949. The highest BCUT2D eigenvalue weighted by Crippen LogP contribution is 2.24. The Morgan fingerprint density at radius 2 is 1.79 bits per heavy atom. The molecule has 2 aromatic heterocycles. The maximum atomic E-state index is 12.7. The van der Waals surface area contributed by atoms with Crippen LogP contribution in [0.1, 0.15) is 17.3 Å². The van der Waals surface area contributed by atoms with Gasteiger partial charge in [0, 0.05) is 24.5 Å². The zero-order valence-electron chi connectivity index (χ0n) is 15.1. The Morgan fingerprint density at radius 3 is 2.50 bits per heavy atom. The van der Waals surface area contributed by atoms with E-state index in [0.29, 0.717) is 29.3 Å². The summed E-state index contributed by atoms with van der Waals surface area (Å²) in [6.07, 6.45) is 4.33. The van der Waals surface area contributed by atoms with E-state index in [2.05, 4.69) is 36.4 Å². The van der Waals surface area contributed by atoms with E-state index in [1.807, 2.05) is 37.3 Å². The average molecular weight is 377 g/mol. The van der Waals surface area contributed by atoms with Gasteiger partial charge in [-0.15, -0.1) is 0 Å². The average Bonchev–Trinajstić information content (AvgIpc) is 2.70. The minimum Gasteiger partial charge on any atom is -0.355 e. The van der Waals surface area contributed by atoms with Crippen LogP contribution in [-0.4, -0.2) is 33.7 Å². The van der Waals surface area contributed by atoms with Gasteiger partial charge < -0.3 is 16.0 Å². The van der Waals surface area contributed by atoms with Crippen molar-refractivity contribution in [2.45, 2.75) is 6.92 Å². The van der Waals surface area contributed by atoms with E-state index in [1.165, 1.54) is 18.6 Å². The van der Waals surface area contributed by atoms with Gasteiger partial charge in [-0.05, 0) is 25.1 Å². The smallest absolute Gasteiger partial charge is 0.320 e. The van der Waals surface area contributed by atoms with Gasteiger partial charge in [0.1, 0.15) is 5.82 Å². The van der Waals surface area contributed by atoms with Crippen molar-refractivity contribution < 1.29 is 9.59 Å². The molecule has 9 nitrogen and oxygen atoms in total. The van der Waals surface area contributed by atoms with Crippen LogP contribution in [0.25, 0.3) is 0 Å². The molecule has 0 radical (unpaired) electrons. The molecule has 0 fully saturated rings. The number of para-hydroxylation sites is 1. The van der Waals surface area contributed by atoms with Gasteiger partial charge in [0.2, 0.25) is 0 Å². The normalized spacial score (nSPS) is 10.0. The number of urea groups is 1. The molecular weight excluding hydrogens is 358 g/mol. The molecule has 0 bridgehead atoms. The lowest BCUT2D eigenvalue weighted by molar-refractivity contribution is 0.102. The number of carbonyl (C=O) groups is 2. The predicted molar refractivity (Wildman–Crippen MR) is 107 cm³/mol. The van der Waals surface area contributed by atoms with Crippen molar-refractivity contribution in [3.05, 3.63) is 66.6 Å². The summed E-state index contributed by atoms with van der Waals surface area (Å²) >= 11 is 0. The number of rotatable bonds is 6. The molecule has 0 saturated carbocycles. The van der Waals surface area contributed by atoms with E-state index in [4.69, 9.17) is 0 Å². The molecule has 3 amide bonds. The Kier molecular flexibility index (Phi) is 6.09. The van der Waals surface area contributed by atoms with Gasteiger partial charge in [0.25, 0.3) is 5.91 Å². The maximum Gasteiger partial charge on any atom is 0.320 e. The first-order chi connectivity index (χ1) is 13.7.